The Hall–Kier alpha value is -1.66. The molecule has 6 heteroatoms. The normalized spacial score (nSPS) is 33.0. The van der Waals surface area contributed by atoms with Crippen LogP contribution in [0.25, 0.3) is 0 Å². The Morgan fingerprint density at radius 3 is 2.65 bits per heavy atom. The van der Waals surface area contributed by atoms with Crippen molar-refractivity contribution in [1.82, 2.24) is 4.90 Å². The van der Waals surface area contributed by atoms with Gasteiger partial charge in [-0.1, -0.05) is 40.2 Å². The summed E-state index contributed by atoms with van der Waals surface area (Å²) in [5, 5.41) is 0. The highest BCUT2D eigenvalue weighted by molar-refractivity contribution is 9.10. The quantitative estimate of drug-likeness (QED) is 0.555. The van der Waals surface area contributed by atoms with Crippen LogP contribution in [0.3, 0.4) is 0 Å². The first-order valence-corrected chi connectivity index (χ1v) is 9.75. The summed E-state index contributed by atoms with van der Waals surface area (Å²) in [4.78, 5) is 27.7. The van der Waals surface area contributed by atoms with Gasteiger partial charge in [0.15, 0.2) is 0 Å². The molecule has 3 heterocycles. The van der Waals surface area contributed by atoms with E-state index < -0.39 is 17.4 Å². The van der Waals surface area contributed by atoms with Gasteiger partial charge < -0.3 is 14.4 Å². The summed E-state index contributed by atoms with van der Waals surface area (Å²) in [5.41, 5.74) is 0.351. The van der Waals surface area contributed by atoms with Crippen LogP contribution in [0, 0.1) is 11.8 Å². The van der Waals surface area contributed by atoms with Gasteiger partial charge in [0, 0.05) is 4.47 Å². The number of benzene rings is 1. The van der Waals surface area contributed by atoms with Gasteiger partial charge in [0.25, 0.3) is 0 Å². The van der Waals surface area contributed by atoms with E-state index in [0.29, 0.717) is 6.54 Å². The van der Waals surface area contributed by atoms with Gasteiger partial charge in [-0.15, -0.1) is 0 Å². The number of nitrogens with zero attached hydrogens (tertiary/aromatic N) is 1. The number of ether oxygens (including phenoxy) is 2. The average Bonchev–Trinajstić information content (AvgIpc) is 3.22. The third-order valence-electron chi connectivity index (χ3n) is 5.57. The fourth-order valence-electron chi connectivity index (χ4n) is 4.36. The topological polar surface area (TPSA) is 55.8 Å². The molecule has 0 aromatic heterocycles. The van der Waals surface area contributed by atoms with E-state index in [4.69, 9.17) is 9.47 Å². The van der Waals surface area contributed by atoms with E-state index in [1.807, 2.05) is 62.1 Å². The van der Waals surface area contributed by atoms with Crippen LogP contribution in [-0.4, -0.2) is 41.1 Å². The smallest absolute Gasteiger partial charge is 0.313 e. The molecular formula is C20H22BrNO4. The molecule has 138 valence electrons. The lowest BCUT2D eigenvalue weighted by Gasteiger charge is -2.27. The van der Waals surface area contributed by atoms with Crippen molar-refractivity contribution in [2.45, 2.75) is 44.6 Å². The lowest BCUT2D eigenvalue weighted by molar-refractivity contribution is -0.157. The zero-order valence-corrected chi connectivity index (χ0v) is 16.6. The van der Waals surface area contributed by atoms with E-state index in [1.165, 1.54) is 0 Å². The minimum Gasteiger partial charge on any atom is -0.463 e. The number of hydrogen-bond donors (Lipinski definition) is 0. The van der Waals surface area contributed by atoms with E-state index in [0.717, 1.165) is 10.0 Å². The lowest BCUT2D eigenvalue weighted by Crippen LogP contribution is -2.40. The van der Waals surface area contributed by atoms with Gasteiger partial charge in [-0.2, -0.15) is 0 Å². The van der Waals surface area contributed by atoms with Crippen molar-refractivity contribution in [3.05, 3.63) is 46.5 Å². The predicted octanol–water partition coefficient (Wildman–Crippen LogP) is 3.24. The van der Waals surface area contributed by atoms with Gasteiger partial charge in [-0.3, -0.25) is 9.59 Å². The molecule has 5 nitrogen and oxygen atoms in total. The summed E-state index contributed by atoms with van der Waals surface area (Å²) in [5.74, 6) is -1.43. The molecule has 2 saturated heterocycles. The first kappa shape index (κ1) is 17.7. The molecule has 26 heavy (non-hydrogen) atoms. The summed E-state index contributed by atoms with van der Waals surface area (Å²) in [6.45, 7) is 6.11. The van der Waals surface area contributed by atoms with Crippen LogP contribution < -0.4 is 0 Å². The lowest BCUT2D eigenvalue weighted by atomic mass is 9.77. The van der Waals surface area contributed by atoms with Crippen molar-refractivity contribution >= 4 is 27.8 Å². The van der Waals surface area contributed by atoms with Crippen LogP contribution in [0.1, 0.15) is 32.4 Å². The molecule has 1 aromatic carbocycles. The van der Waals surface area contributed by atoms with E-state index in [9.17, 15) is 9.59 Å². The summed E-state index contributed by atoms with van der Waals surface area (Å²) >= 11 is 3.44. The van der Waals surface area contributed by atoms with Gasteiger partial charge in [0.1, 0.15) is 11.5 Å². The maximum Gasteiger partial charge on any atom is 0.313 e. The second-order valence-corrected chi connectivity index (χ2v) is 8.49. The number of carbonyl (C=O) groups is 2. The number of halogens is 1. The monoisotopic (exact) mass is 419 g/mol. The second kappa shape index (κ2) is 6.20. The number of likely N-dealkylation sites (tertiary alicyclic amines) is 1. The Labute approximate surface area is 161 Å². The number of amides is 1. The number of carbonyl (C=O) groups excluding carboxylic acids is 2. The molecule has 1 amide bonds. The highest BCUT2D eigenvalue weighted by atomic mass is 79.9. The molecule has 5 unspecified atom stereocenters. The molecular weight excluding hydrogens is 398 g/mol. The summed E-state index contributed by atoms with van der Waals surface area (Å²) in [7, 11) is 0. The molecule has 2 fully saturated rings. The third kappa shape index (κ3) is 2.62. The second-order valence-electron chi connectivity index (χ2n) is 7.58. The Kier molecular flexibility index (Phi) is 4.23. The van der Waals surface area contributed by atoms with Gasteiger partial charge in [0.05, 0.1) is 30.7 Å². The first-order valence-electron chi connectivity index (χ1n) is 8.96. The fraction of sp³-hybridized carbons (Fsp3) is 0.500. The Balaban J connectivity index is 1.61. The Morgan fingerprint density at radius 1 is 1.31 bits per heavy atom. The van der Waals surface area contributed by atoms with E-state index in [1.54, 1.807) is 0 Å². The van der Waals surface area contributed by atoms with Crippen molar-refractivity contribution < 1.29 is 19.1 Å². The number of rotatable bonds is 4. The van der Waals surface area contributed by atoms with E-state index in [2.05, 4.69) is 15.9 Å². The van der Waals surface area contributed by atoms with Gasteiger partial charge in [-0.25, -0.2) is 0 Å². The van der Waals surface area contributed by atoms with Crippen molar-refractivity contribution in [2.75, 3.05) is 6.54 Å². The van der Waals surface area contributed by atoms with Crippen molar-refractivity contribution in [2.24, 2.45) is 11.8 Å². The molecule has 5 atom stereocenters. The molecule has 3 aliphatic heterocycles. The number of esters is 1. The maximum absolute atomic E-state index is 13.2. The van der Waals surface area contributed by atoms with Crippen molar-refractivity contribution in [1.29, 1.82) is 0 Å². The molecule has 1 aromatic rings. The zero-order chi connectivity index (χ0) is 18.6. The molecule has 0 N–H and O–H groups in total. The van der Waals surface area contributed by atoms with Crippen LogP contribution >= 0.6 is 15.9 Å². The van der Waals surface area contributed by atoms with Crippen LogP contribution in [-0.2, 0) is 19.1 Å². The molecule has 3 aliphatic rings. The molecule has 0 aliphatic carbocycles. The fourth-order valence-corrected chi connectivity index (χ4v) is 4.62. The van der Waals surface area contributed by atoms with Crippen molar-refractivity contribution in [3.63, 3.8) is 0 Å². The summed E-state index contributed by atoms with van der Waals surface area (Å²) in [6, 6.07) is 7.86. The minimum atomic E-state index is -0.702. The van der Waals surface area contributed by atoms with Crippen LogP contribution in [0.5, 0.6) is 0 Å². The summed E-state index contributed by atoms with van der Waals surface area (Å²) < 4.78 is 12.5. The average molecular weight is 420 g/mol. The van der Waals surface area contributed by atoms with Gasteiger partial charge >= 0.3 is 5.97 Å². The SMILES string of the molecule is CC(C)OC(=O)C1C2C=CC3(CN(C(C)c4ccc(Br)cc4)C(=O)C13)O2. The number of fused-ring (bicyclic) bond motifs is 1. The van der Waals surface area contributed by atoms with Gasteiger partial charge in [0.2, 0.25) is 5.91 Å². The third-order valence-corrected chi connectivity index (χ3v) is 6.10. The van der Waals surface area contributed by atoms with Gasteiger partial charge in [-0.05, 0) is 38.5 Å². The first-order chi connectivity index (χ1) is 12.3. The standard InChI is InChI=1S/C20H22BrNO4/c1-11(2)25-19(24)16-15-8-9-20(26-15)10-22(18(23)17(16)20)12(3)13-4-6-14(21)7-5-13/h4-9,11-12,15-17H,10H2,1-3H3. The molecule has 0 saturated carbocycles. The predicted molar refractivity (Wildman–Crippen MR) is 99.2 cm³/mol. The summed E-state index contributed by atoms with van der Waals surface area (Å²) in [6.07, 6.45) is 3.30. The van der Waals surface area contributed by atoms with Crippen LogP contribution in [0.15, 0.2) is 40.9 Å². The Bertz CT molecular complexity index is 775. The largest absolute Gasteiger partial charge is 0.463 e. The molecule has 0 radical (unpaired) electrons. The molecule has 2 bridgehead atoms. The number of hydrogen-bond acceptors (Lipinski definition) is 4. The van der Waals surface area contributed by atoms with Crippen LogP contribution in [0.4, 0.5) is 0 Å². The maximum atomic E-state index is 13.2. The van der Waals surface area contributed by atoms with E-state index >= 15 is 0 Å². The zero-order valence-electron chi connectivity index (χ0n) is 15.0. The molecule has 4 rings (SSSR count). The molecule has 1 spiro atoms. The minimum absolute atomic E-state index is 0.0297. The van der Waals surface area contributed by atoms with E-state index in [-0.39, 0.29) is 30.1 Å². The Morgan fingerprint density at radius 2 is 2.00 bits per heavy atom. The van der Waals surface area contributed by atoms with Crippen LogP contribution in [0.2, 0.25) is 0 Å². The highest BCUT2D eigenvalue weighted by Gasteiger charge is 2.67. The van der Waals surface area contributed by atoms with Crippen molar-refractivity contribution in [3.8, 4) is 0 Å². The highest BCUT2D eigenvalue weighted by Crippen LogP contribution is 2.53.